The Labute approximate surface area is 111 Å². The number of benzene rings is 1. The van der Waals surface area contributed by atoms with Gasteiger partial charge in [0.25, 0.3) is 5.91 Å². The van der Waals surface area contributed by atoms with Crippen molar-refractivity contribution in [1.82, 2.24) is 5.32 Å². The average molecular weight is 263 g/mol. The van der Waals surface area contributed by atoms with Crippen LogP contribution in [0.3, 0.4) is 0 Å². The van der Waals surface area contributed by atoms with Gasteiger partial charge in [-0.15, -0.1) is 0 Å². The second-order valence-electron chi connectivity index (χ2n) is 4.61. The molecule has 2 rings (SSSR count). The van der Waals surface area contributed by atoms with Crippen LogP contribution in [0.15, 0.2) is 24.3 Å². The molecule has 1 aromatic rings. The second-order valence-corrected chi connectivity index (χ2v) is 4.61. The molecule has 0 aliphatic carbocycles. The van der Waals surface area contributed by atoms with Crippen molar-refractivity contribution in [3.8, 4) is 5.75 Å². The Bertz CT molecular complexity index is 455. The third-order valence-electron chi connectivity index (χ3n) is 3.04. The predicted molar refractivity (Wildman–Crippen MR) is 69.1 cm³/mol. The lowest BCUT2D eigenvalue weighted by molar-refractivity contribution is -0.136. The number of carboxylic acid groups (broad SMARTS) is 1. The molecule has 1 atom stereocenters. The van der Waals surface area contributed by atoms with E-state index in [0.717, 1.165) is 12.8 Å². The van der Waals surface area contributed by atoms with E-state index in [0.29, 0.717) is 24.3 Å². The van der Waals surface area contributed by atoms with E-state index in [-0.39, 0.29) is 12.3 Å². The number of aliphatic carboxylic acids is 1. The standard InChI is InChI=1S/C14H17NO4/c16-13(17)9-10-4-6-11(7-5-10)19-12-3-1-2-8-15-14(12)18/h4-7,12H,1-3,8-9H2,(H,15,18)(H,16,17). The van der Waals surface area contributed by atoms with E-state index in [2.05, 4.69) is 5.32 Å². The Morgan fingerprint density at radius 2 is 2.05 bits per heavy atom. The first-order valence-corrected chi connectivity index (χ1v) is 6.40. The Balaban J connectivity index is 1.98. The summed E-state index contributed by atoms with van der Waals surface area (Å²) in [6.07, 6.45) is 2.18. The highest BCUT2D eigenvalue weighted by molar-refractivity contribution is 5.81. The van der Waals surface area contributed by atoms with Crippen LogP contribution in [-0.4, -0.2) is 29.6 Å². The summed E-state index contributed by atoms with van der Waals surface area (Å²) < 4.78 is 5.65. The van der Waals surface area contributed by atoms with E-state index in [1.165, 1.54) is 0 Å². The summed E-state index contributed by atoms with van der Waals surface area (Å²) in [4.78, 5) is 22.3. The molecular formula is C14H17NO4. The van der Waals surface area contributed by atoms with Gasteiger partial charge in [0.2, 0.25) is 0 Å². The van der Waals surface area contributed by atoms with E-state index in [9.17, 15) is 9.59 Å². The third kappa shape index (κ3) is 3.98. The summed E-state index contributed by atoms with van der Waals surface area (Å²) in [7, 11) is 0. The summed E-state index contributed by atoms with van der Waals surface area (Å²) in [5, 5.41) is 11.5. The van der Waals surface area contributed by atoms with E-state index in [4.69, 9.17) is 9.84 Å². The highest BCUT2D eigenvalue weighted by Crippen LogP contribution is 2.17. The maximum absolute atomic E-state index is 11.7. The van der Waals surface area contributed by atoms with Gasteiger partial charge in [-0.1, -0.05) is 12.1 Å². The maximum Gasteiger partial charge on any atom is 0.307 e. The Morgan fingerprint density at radius 1 is 1.32 bits per heavy atom. The van der Waals surface area contributed by atoms with Crippen LogP contribution in [-0.2, 0) is 16.0 Å². The molecule has 5 nitrogen and oxygen atoms in total. The number of hydrogen-bond donors (Lipinski definition) is 2. The summed E-state index contributed by atoms with van der Waals surface area (Å²) >= 11 is 0. The summed E-state index contributed by atoms with van der Waals surface area (Å²) in [6.45, 7) is 0.705. The molecule has 1 heterocycles. The first-order chi connectivity index (χ1) is 9.15. The molecule has 5 heteroatoms. The highest BCUT2D eigenvalue weighted by atomic mass is 16.5. The van der Waals surface area contributed by atoms with E-state index in [1.807, 2.05) is 0 Å². The number of rotatable bonds is 4. The molecule has 2 N–H and O–H groups in total. The van der Waals surface area contributed by atoms with Gasteiger partial charge in [0, 0.05) is 6.54 Å². The van der Waals surface area contributed by atoms with Crippen LogP contribution in [0.25, 0.3) is 0 Å². The van der Waals surface area contributed by atoms with Crippen LogP contribution in [0.4, 0.5) is 0 Å². The zero-order chi connectivity index (χ0) is 13.7. The van der Waals surface area contributed by atoms with Crippen LogP contribution in [0.5, 0.6) is 5.75 Å². The van der Waals surface area contributed by atoms with Crippen molar-refractivity contribution in [2.75, 3.05) is 6.54 Å². The number of carbonyl (C=O) groups excluding carboxylic acids is 1. The second kappa shape index (κ2) is 6.22. The SMILES string of the molecule is O=C(O)Cc1ccc(OC2CCCCNC2=O)cc1. The normalized spacial score (nSPS) is 19.4. The minimum absolute atomic E-state index is 0.00973. The number of amides is 1. The van der Waals surface area contributed by atoms with Crippen LogP contribution < -0.4 is 10.1 Å². The van der Waals surface area contributed by atoms with Gasteiger partial charge in [0.15, 0.2) is 6.10 Å². The van der Waals surface area contributed by atoms with Crippen LogP contribution in [0.2, 0.25) is 0 Å². The van der Waals surface area contributed by atoms with Gasteiger partial charge in [-0.3, -0.25) is 9.59 Å². The third-order valence-corrected chi connectivity index (χ3v) is 3.04. The highest BCUT2D eigenvalue weighted by Gasteiger charge is 2.22. The summed E-state index contributed by atoms with van der Waals surface area (Å²) in [6, 6.07) is 6.82. The number of hydrogen-bond acceptors (Lipinski definition) is 3. The molecule has 1 fully saturated rings. The summed E-state index contributed by atoms with van der Waals surface area (Å²) in [5.41, 5.74) is 0.713. The number of carbonyl (C=O) groups is 2. The topological polar surface area (TPSA) is 75.6 Å². The lowest BCUT2D eigenvalue weighted by Gasteiger charge is -2.15. The van der Waals surface area contributed by atoms with Crippen molar-refractivity contribution in [1.29, 1.82) is 0 Å². The van der Waals surface area contributed by atoms with Gasteiger partial charge in [-0.2, -0.15) is 0 Å². The van der Waals surface area contributed by atoms with Crippen molar-refractivity contribution < 1.29 is 19.4 Å². The fraction of sp³-hybridized carbons (Fsp3) is 0.429. The first-order valence-electron chi connectivity index (χ1n) is 6.40. The zero-order valence-corrected chi connectivity index (χ0v) is 10.6. The monoisotopic (exact) mass is 263 g/mol. The largest absolute Gasteiger partial charge is 0.481 e. The van der Waals surface area contributed by atoms with Crippen LogP contribution in [0.1, 0.15) is 24.8 Å². The quantitative estimate of drug-likeness (QED) is 0.860. The van der Waals surface area contributed by atoms with Crippen molar-refractivity contribution in [2.24, 2.45) is 0 Å². The Hall–Kier alpha value is -2.04. The minimum atomic E-state index is -0.864. The molecule has 0 bridgehead atoms. The summed E-state index contributed by atoms with van der Waals surface area (Å²) in [5.74, 6) is -0.347. The number of nitrogens with one attached hydrogen (secondary N) is 1. The molecule has 1 unspecified atom stereocenters. The molecule has 0 aromatic heterocycles. The van der Waals surface area contributed by atoms with Crippen LogP contribution in [0, 0.1) is 0 Å². The lowest BCUT2D eigenvalue weighted by atomic mass is 10.1. The predicted octanol–water partition coefficient (Wildman–Crippen LogP) is 1.36. The minimum Gasteiger partial charge on any atom is -0.481 e. The lowest BCUT2D eigenvalue weighted by Crippen LogP contribution is -2.36. The van der Waals surface area contributed by atoms with E-state index in [1.54, 1.807) is 24.3 Å². The molecule has 19 heavy (non-hydrogen) atoms. The fourth-order valence-corrected chi connectivity index (χ4v) is 2.05. The zero-order valence-electron chi connectivity index (χ0n) is 10.6. The van der Waals surface area contributed by atoms with Gasteiger partial charge in [0.1, 0.15) is 5.75 Å². The smallest absolute Gasteiger partial charge is 0.307 e. The first kappa shape index (κ1) is 13.4. The maximum atomic E-state index is 11.7. The number of ether oxygens (including phenoxy) is 1. The van der Waals surface area contributed by atoms with Crippen LogP contribution >= 0.6 is 0 Å². The fourth-order valence-electron chi connectivity index (χ4n) is 2.05. The molecular weight excluding hydrogens is 246 g/mol. The van der Waals surface area contributed by atoms with E-state index >= 15 is 0 Å². The molecule has 102 valence electrons. The molecule has 0 radical (unpaired) electrons. The Kier molecular flexibility index (Phi) is 4.39. The van der Waals surface area contributed by atoms with Crippen molar-refractivity contribution in [3.05, 3.63) is 29.8 Å². The van der Waals surface area contributed by atoms with Gasteiger partial charge in [-0.25, -0.2) is 0 Å². The van der Waals surface area contributed by atoms with Gasteiger partial charge < -0.3 is 15.2 Å². The van der Waals surface area contributed by atoms with Gasteiger partial charge in [0.05, 0.1) is 6.42 Å². The van der Waals surface area contributed by atoms with Crippen molar-refractivity contribution in [2.45, 2.75) is 31.8 Å². The molecule has 1 aliphatic heterocycles. The number of carboxylic acids is 1. The molecule has 0 spiro atoms. The molecule has 1 amide bonds. The molecule has 1 saturated heterocycles. The Morgan fingerprint density at radius 3 is 2.74 bits per heavy atom. The molecule has 1 aliphatic rings. The van der Waals surface area contributed by atoms with Gasteiger partial charge >= 0.3 is 5.97 Å². The average Bonchev–Trinajstić information content (AvgIpc) is 2.57. The van der Waals surface area contributed by atoms with Crippen molar-refractivity contribution in [3.63, 3.8) is 0 Å². The van der Waals surface area contributed by atoms with Crippen molar-refractivity contribution >= 4 is 11.9 Å². The molecule has 0 saturated carbocycles. The van der Waals surface area contributed by atoms with Gasteiger partial charge in [-0.05, 0) is 37.0 Å². The van der Waals surface area contributed by atoms with E-state index < -0.39 is 12.1 Å². The molecule has 1 aromatic carbocycles.